The van der Waals surface area contributed by atoms with Gasteiger partial charge in [-0.05, 0) is 35.8 Å². The smallest absolute Gasteiger partial charge is 0.0662 e. The fourth-order valence-electron chi connectivity index (χ4n) is 2.25. The molecule has 16 heavy (non-hydrogen) atoms. The van der Waals surface area contributed by atoms with Crippen LogP contribution in [-0.4, -0.2) is 23.4 Å². The summed E-state index contributed by atoms with van der Waals surface area (Å²) in [4.78, 5) is 0. The summed E-state index contributed by atoms with van der Waals surface area (Å²) in [6, 6.07) is 8.87. The molecule has 0 aromatic heterocycles. The van der Waals surface area contributed by atoms with E-state index in [-0.39, 0.29) is 13.2 Å². The zero-order valence-electron chi connectivity index (χ0n) is 10.2. The van der Waals surface area contributed by atoms with E-state index >= 15 is 0 Å². The third-order valence-electron chi connectivity index (χ3n) is 3.09. The minimum atomic E-state index is -0.125. The van der Waals surface area contributed by atoms with Crippen LogP contribution < -0.4 is 0 Å². The molecule has 0 bridgehead atoms. The maximum Gasteiger partial charge on any atom is 0.0662 e. The molecule has 0 aliphatic heterocycles. The Kier molecular flexibility index (Phi) is 4.97. The molecule has 0 unspecified atom stereocenters. The van der Waals surface area contributed by atoms with Gasteiger partial charge in [0.05, 0.1) is 13.2 Å². The molecule has 0 fully saturated rings. The van der Waals surface area contributed by atoms with E-state index in [1.165, 1.54) is 19.3 Å². The Morgan fingerprint density at radius 1 is 1.12 bits per heavy atom. The van der Waals surface area contributed by atoms with Gasteiger partial charge in [0.15, 0.2) is 0 Å². The largest absolute Gasteiger partial charge is 0.394 e. The second kappa shape index (κ2) is 6.02. The van der Waals surface area contributed by atoms with Crippen LogP contribution in [-0.2, 0) is 11.8 Å². The SMILES string of the molecule is CC1(C)CCCc2ccccc21.OCCO. The van der Waals surface area contributed by atoms with Crippen LogP contribution in [0.4, 0.5) is 0 Å². The molecule has 1 aliphatic rings. The summed E-state index contributed by atoms with van der Waals surface area (Å²) < 4.78 is 0. The van der Waals surface area contributed by atoms with Gasteiger partial charge in [0.1, 0.15) is 0 Å². The van der Waals surface area contributed by atoms with Crippen LogP contribution in [0.15, 0.2) is 24.3 Å². The van der Waals surface area contributed by atoms with Gasteiger partial charge >= 0.3 is 0 Å². The van der Waals surface area contributed by atoms with Crippen molar-refractivity contribution >= 4 is 0 Å². The van der Waals surface area contributed by atoms with Crippen molar-refractivity contribution in [3.63, 3.8) is 0 Å². The molecule has 1 aromatic carbocycles. The molecular formula is C14H22O2. The van der Waals surface area contributed by atoms with Gasteiger partial charge in [-0.2, -0.15) is 0 Å². The van der Waals surface area contributed by atoms with Crippen molar-refractivity contribution < 1.29 is 10.2 Å². The summed E-state index contributed by atoms with van der Waals surface area (Å²) >= 11 is 0. The van der Waals surface area contributed by atoms with E-state index in [1.54, 1.807) is 11.1 Å². The Morgan fingerprint density at radius 2 is 1.75 bits per heavy atom. The molecule has 0 amide bonds. The molecule has 0 saturated carbocycles. The van der Waals surface area contributed by atoms with Crippen molar-refractivity contribution in [1.82, 2.24) is 0 Å². The number of aliphatic hydroxyl groups excluding tert-OH is 2. The summed E-state index contributed by atoms with van der Waals surface area (Å²) in [7, 11) is 0. The van der Waals surface area contributed by atoms with Gasteiger partial charge < -0.3 is 10.2 Å². The number of rotatable bonds is 1. The molecule has 0 atom stereocenters. The zero-order chi connectivity index (χ0) is 12.0. The van der Waals surface area contributed by atoms with Crippen molar-refractivity contribution in [3.05, 3.63) is 35.4 Å². The molecular weight excluding hydrogens is 200 g/mol. The summed E-state index contributed by atoms with van der Waals surface area (Å²) in [6.45, 7) is 4.45. The molecule has 0 radical (unpaired) electrons. The number of hydrogen-bond donors (Lipinski definition) is 2. The van der Waals surface area contributed by atoms with Crippen LogP contribution in [0, 0.1) is 0 Å². The lowest BCUT2D eigenvalue weighted by atomic mass is 9.73. The predicted octanol–water partition coefficient (Wildman–Crippen LogP) is 2.27. The fraction of sp³-hybridized carbons (Fsp3) is 0.571. The Bertz CT molecular complexity index is 316. The van der Waals surface area contributed by atoms with Gasteiger partial charge in [-0.25, -0.2) is 0 Å². The van der Waals surface area contributed by atoms with Crippen LogP contribution in [0.3, 0.4) is 0 Å². The van der Waals surface area contributed by atoms with Gasteiger partial charge in [-0.15, -0.1) is 0 Å². The van der Waals surface area contributed by atoms with E-state index in [2.05, 4.69) is 38.1 Å². The number of benzene rings is 1. The van der Waals surface area contributed by atoms with E-state index in [1.807, 2.05) is 0 Å². The highest BCUT2D eigenvalue weighted by atomic mass is 16.3. The van der Waals surface area contributed by atoms with E-state index in [0.29, 0.717) is 5.41 Å². The summed E-state index contributed by atoms with van der Waals surface area (Å²) in [6.07, 6.45) is 3.97. The van der Waals surface area contributed by atoms with E-state index in [9.17, 15) is 0 Å². The predicted molar refractivity (Wildman–Crippen MR) is 66.6 cm³/mol. The average Bonchev–Trinajstić information content (AvgIpc) is 2.29. The quantitative estimate of drug-likeness (QED) is 0.765. The Balaban J connectivity index is 0.000000280. The van der Waals surface area contributed by atoms with E-state index < -0.39 is 0 Å². The first kappa shape index (κ1) is 13.2. The normalized spacial score (nSPS) is 17.0. The summed E-state index contributed by atoms with van der Waals surface area (Å²) in [5.74, 6) is 0. The first-order valence-electron chi connectivity index (χ1n) is 5.92. The van der Waals surface area contributed by atoms with Crippen molar-refractivity contribution in [2.75, 3.05) is 13.2 Å². The Hall–Kier alpha value is -0.860. The molecule has 2 N–H and O–H groups in total. The maximum atomic E-state index is 7.62. The first-order chi connectivity index (χ1) is 7.61. The lowest BCUT2D eigenvalue weighted by Gasteiger charge is -2.32. The third-order valence-corrected chi connectivity index (χ3v) is 3.09. The highest BCUT2D eigenvalue weighted by Gasteiger charge is 2.26. The third kappa shape index (κ3) is 3.32. The van der Waals surface area contributed by atoms with Gasteiger partial charge in [-0.1, -0.05) is 38.1 Å². The average molecular weight is 222 g/mol. The number of hydrogen-bond acceptors (Lipinski definition) is 2. The lowest BCUT2D eigenvalue weighted by molar-refractivity contribution is 0.186. The molecule has 2 nitrogen and oxygen atoms in total. The van der Waals surface area contributed by atoms with Crippen LogP contribution in [0.25, 0.3) is 0 Å². The summed E-state index contributed by atoms with van der Waals surface area (Å²) in [5.41, 5.74) is 3.54. The molecule has 2 heteroatoms. The second-order valence-corrected chi connectivity index (χ2v) is 4.84. The van der Waals surface area contributed by atoms with Gasteiger partial charge in [0, 0.05) is 0 Å². The minimum absolute atomic E-state index is 0.125. The number of aryl methyl sites for hydroxylation is 1. The van der Waals surface area contributed by atoms with Crippen molar-refractivity contribution in [3.8, 4) is 0 Å². The van der Waals surface area contributed by atoms with Crippen molar-refractivity contribution in [2.45, 2.75) is 38.5 Å². The lowest BCUT2D eigenvalue weighted by Crippen LogP contribution is -2.23. The van der Waals surface area contributed by atoms with E-state index in [0.717, 1.165) is 0 Å². The second-order valence-electron chi connectivity index (χ2n) is 4.84. The highest BCUT2D eigenvalue weighted by molar-refractivity contribution is 5.35. The number of fused-ring (bicyclic) bond motifs is 1. The van der Waals surface area contributed by atoms with Gasteiger partial charge in [0.2, 0.25) is 0 Å². The Morgan fingerprint density at radius 3 is 2.31 bits per heavy atom. The molecule has 1 aromatic rings. The minimum Gasteiger partial charge on any atom is -0.394 e. The molecule has 0 spiro atoms. The van der Waals surface area contributed by atoms with Crippen LogP contribution in [0.5, 0.6) is 0 Å². The first-order valence-corrected chi connectivity index (χ1v) is 5.92. The van der Waals surface area contributed by atoms with Gasteiger partial charge in [0.25, 0.3) is 0 Å². The van der Waals surface area contributed by atoms with Crippen molar-refractivity contribution in [1.29, 1.82) is 0 Å². The van der Waals surface area contributed by atoms with Gasteiger partial charge in [-0.3, -0.25) is 0 Å². The van der Waals surface area contributed by atoms with E-state index in [4.69, 9.17) is 10.2 Å². The maximum absolute atomic E-state index is 7.62. The fourth-order valence-corrected chi connectivity index (χ4v) is 2.25. The van der Waals surface area contributed by atoms with Crippen LogP contribution >= 0.6 is 0 Å². The topological polar surface area (TPSA) is 40.5 Å². The standard InChI is InChI=1S/C12H16.C2H6O2/c1-12(2)9-5-7-10-6-3-4-8-11(10)12;3-1-2-4/h3-4,6,8H,5,7,9H2,1-2H3;3-4H,1-2H2. The molecule has 0 heterocycles. The monoisotopic (exact) mass is 222 g/mol. The summed E-state index contributed by atoms with van der Waals surface area (Å²) in [5, 5.41) is 15.2. The molecule has 90 valence electrons. The molecule has 1 aliphatic carbocycles. The molecule has 0 saturated heterocycles. The van der Waals surface area contributed by atoms with Crippen LogP contribution in [0.1, 0.15) is 37.8 Å². The van der Waals surface area contributed by atoms with Crippen LogP contribution in [0.2, 0.25) is 0 Å². The number of aliphatic hydroxyl groups is 2. The highest BCUT2D eigenvalue weighted by Crippen LogP contribution is 2.36. The molecule has 2 rings (SSSR count). The van der Waals surface area contributed by atoms with Crippen molar-refractivity contribution in [2.24, 2.45) is 0 Å². The Labute approximate surface area is 97.9 Å². The zero-order valence-corrected chi connectivity index (χ0v) is 10.2.